The van der Waals surface area contributed by atoms with Crippen LogP contribution in [0.1, 0.15) is 6.92 Å². The monoisotopic (exact) mass is 507 g/mol. The molecule has 9 heteroatoms. The van der Waals surface area contributed by atoms with E-state index in [9.17, 15) is 9.90 Å². The SMILES string of the molecule is CC1=CN(c2cncc(-c3cc(Cl)cc(-c4ccc(-n5ccn(C)c5=O)c(Cl)c4)c3O)c2)CCN1. The fraction of sp³-hybridized carbons (Fsp3) is 0.154. The number of allylic oxidation sites excluding steroid dienone is 1. The van der Waals surface area contributed by atoms with Gasteiger partial charge < -0.3 is 19.9 Å². The molecule has 2 N–H and O–H groups in total. The second-order valence-corrected chi connectivity index (χ2v) is 9.29. The van der Waals surface area contributed by atoms with Crippen LogP contribution in [0.2, 0.25) is 10.0 Å². The van der Waals surface area contributed by atoms with Crippen molar-refractivity contribution in [3.8, 4) is 33.7 Å². The second kappa shape index (κ2) is 9.17. The summed E-state index contributed by atoms with van der Waals surface area (Å²) in [5.74, 6) is 0.0704. The van der Waals surface area contributed by atoms with E-state index in [1.165, 1.54) is 9.13 Å². The molecule has 1 aliphatic rings. The fourth-order valence-electron chi connectivity index (χ4n) is 4.21. The van der Waals surface area contributed by atoms with Gasteiger partial charge in [-0.15, -0.1) is 0 Å². The van der Waals surface area contributed by atoms with Gasteiger partial charge in [0.25, 0.3) is 0 Å². The summed E-state index contributed by atoms with van der Waals surface area (Å²) >= 11 is 13.0. The summed E-state index contributed by atoms with van der Waals surface area (Å²) in [6, 6.07) is 10.7. The van der Waals surface area contributed by atoms with E-state index in [-0.39, 0.29) is 11.4 Å². The van der Waals surface area contributed by atoms with Gasteiger partial charge >= 0.3 is 5.69 Å². The molecule has 0 fully saturated rings. The highest BCUT2D eigenvalue weighted by Gasteiger charge is 2.17. The molecule has 35 heavy (non-hydrogen) atoms. The van der Waals surface area contributed by atoms with Gasteiger partial charge in [0, 0.05) is 72.3 Å². The molecule has 0 radical (unpaired) electrons. The lowest BCUT2D eigenvalue weighted by atomic mass is 9.97. The molecule has 2 aromatic carbocycles. The Kier molecular flexibility index (Phi) is 6.05. The zero-order valence-corrected chi connectivity index (χ0v) is 20.7. The van der Waals surface area contributed by atoms with E-state index in [1.807, 2.05) is 19.2 Å². The number of pyridine rings is 1. The molecule has 0 bridgehead atoms. The Morgan fingerprint density at radius 2 is 1.80 bits per heavy atom. The number of nitrogens with zero attached hydrogens (tertiary/aromatic N) is 4. The Bertz CT molecular complexity index is 1520. The van der Waals surface area contributed by atoms with Crippen molar-refractivity contribution in [3.63, 3.8) is 0 Å². The molecular formula is C26H23Cl2N5O2. The zero-order chi connectivity index (χ0) is 24.7. The van der Waals surface area contributed by atoms with Crippen molar-refractivity contribution in [1.82, 2.24) is 19.4 Å². The quantitative estimate of drug-likeness (QED) is 0.397. The van der Waals surface area contributed by atoms with Gasteiger partial charge in [0.2, 0.25) is 0 Å². The molecule has 178 valence electrons. The summed E-state index contributed by atoms with van der Waals surface area (Å²) in [5.41, 5.74) is 4.87. The molecule has 2 aromatic heterocycles. The van der Waals surface area contributed by atoms with Crippen LogP contribution in [0.5, 0.6) is 5.75 Å². The Labute approximate surface area is 212 Å². The molecule has 0 aliphatic carbocycles. The number of anilines is 1. The van der Waals surface area contributed by atoms with Crippen LogP contribution in [0.15, 0.2) is 77.9 Å². The third kappa shape index (κ3) is 4.40. The van der Waals surface area contributed by atoms with E-state index in [0.717, 1.165) is 30.0 Å². The molecule has 0 saturated carbocycles. The van der Waals surface area contributed by atoms with Gasteiger partial charge in [0.15, 0.2) is 0 Å². The van der Waals surface area contributed by atoms with Crippen molar-refractivity contribution < 1.29 is 5.11 Å². The lowest BCUT2D eigenvalue weighted by Crippen LogP contribution is -2.33. The summed E-state index contributed by atoms with van der Waals surface area (Å²) in [6.07, 6.45) is 8.87. The Hall–Kier alpha value is -3.68. The molecule has 5 rings (SSSR count). The standard InChI is InChI=1S/C26H23Cl2N5O2/c1-16-15-32(6-5-30-16)20-9-18(13-29-14-20)22-12-19(27)11-21(25(22)34)17-3-4-24(23(28)10-17)33-8-7-31(2)26(33)35/h3-4,7-15,30,34H,5-6H2,1-2H3. The highest BCUT2D eigenvalue weighted by molar-refractivity contribution is 6.33. The van der Waals surface area contributed by atoms with Crippen LogP contribution in [-0.2, 0) is 7.05 Å². The Morgan fingerprint density at radius 3 is 2.49 bits per heavy atom. The molecule has 3 heterocycles. The maximum Gasteiger partial charge on any atom is 0.332 e. The number of aryl methyl sites for hydroxylation is 1. The van der Waals surface area contributed by atoms with Crippen LogP contribution >= 0.6 is 23.2 Å². The largest absolute Gasteiger partial charge is 0.507 e. The highest BCUT2D eigenvalue weighted by atomic mass is 35.5. The number of phenols is 1. The summed E-state index contributed by atoms with van der Waals surface area (Å²) < 4.78 is 2.94. The Balaban J connectivity index is 1.56. The van der Waals surface area contributed by atoms with Crippen LogP contribution in [0, 0.1) is 0 Å². The average molecular weight is 508 g/mol. The second-order valence-electron chi connectivity index (χ2n) is 8.44. The van der Waals surface area contributed by atoms with Gasteiger partial charge in [-0.2, -0.15) is 0 Å². The average Bonchev–Trinajstić information content (AvgIpc) is 3.18. The number of hydrogen-bond acceptors (Lipinski definition) is 5. The van der Waals surface area contributed by atoms with Crippen LogP contribution in [0.3, 0.4) is 0 Å². The van der Waals surface area contributed by atoms with Crippen LogP contribution in [-0.4, -0.2) is 32.3 Å². The molecule has 0 unspecified atom stereocenters. The number of imidazole rings is 1. The van der Waals surface area contributed by atoms with Crippen molar-refractivity contribution in [2.45, 2.75) is 6.92 Å². The van der Waals surface area contributed by atoms with Gasteiger partial charge in [0.05, 0.1) is 22.6 Å². The number of halogens is 2. The molecule has 7 nitrogen and oxygen atoms in total. The summed E-state index contributed by atoms with van der Waals surface area (Å²) in [7, 11) is 1.68. The first-order valence-electron chi connectivity index (χ1n) is 11.0. The van der Waals surface area contributed by atoms with E-state index in [1.54, 1.807) is 62.2 Å². The molecule has 0 amide bonds. The van der Waals surface area contributed by atoms with Crippen molar-refractivity contribution in [2.75, 3.05) is 18.0 Å². The van der Waals surface area contributed by atoms with Crippen LogP contribution in [0.25, 0.3) is 27.9 Å². The fourth-order valence-corrected chi connectivity index (χ4v) is 4.70. The van der Waals surface area contributed by atoms with E-state index >= 15 is 0 Å². The topological polar surface area (TPSA) is 75.3 Å². The van der Waals surface area contributed by atoms with E-state index in [2.05, 4.69) is 15.2 Å². The first-order valence-corrected chi connectivity index (χ1v) is 11.8. The maximum absolute atomic E-state index is 12.3. The Morgan fingerprint density at radius 1 is 1.03 bits per heavy atom. The minimum atomic E-state index is -0.200. The number of rotatable bonds is 4. The lowest BCUT2D eigenvalue weighted by Gasteiger charge is -2.27. The van der Waals surface area contributed by atoms with Gasteiger partial charge in [0.1, 0.15) is 5.75 Å². The summed E-state index contributed by atoms with van der Waals surface area (Å²) in [5, 5.41) is 15.4. The normalized spacial score (nSPS) is 13.5. The van der Waals surface area contributed by atoms with E-state index in [4.69, 9.17) is 23.2 Å². The minimum Gasteiger partial charge on any atom is -0.507 e. The molecule has 0 spiro atoms. The predicted molar refractivity (Wildman–Crippen MR) is 140 cm³/mol. The first kappa shape index (κ1) is 23.1. The highest BCUT2D eigenvalue weighted by Crippen LogP contribution is 2.42. The molecule has 0 saturated heterocycles. The van der Waals surface area contributed by atoms with E-state index < -0.39 is 0 Å². The number of phenolic OH excluding ortho intramolecular Hbond substituents is 1. The summed E-state index contributed by atoms with van der Waals surface area (Å²) in [6.45, 7) is 3.67. The molecule has 4 aromatic rings. The van der Waals surface area contributed by atoms with Crippen LogP contribution in [0.4, 0.5) is 5.69 Å². The first-order chi connectivity index (χ1) is 16.8. The molecule has 0 atom stereocenters. The van der Waals surface area contributed by atoms with Gasteiger partial charge in [-0.1, -0.05) is 29.3 Å². The molecular weight excluding hydrogens is 485 g/mol. The van der Waals surface area contributed by atoms with Crippen molar-refractivity contribution in [3.05, 3.63) is 93.6 Å². The minimum absolute atomic E-state index is 0.0704. The number of aromatic hydroxyl groups is 1. The summed E-state index contributed by atoms with van der Waals surface area (Å²) in [4.78, 5) is 18.9. The van der Waals surface area contributed by atoms with Crippen molar-refractivity contribution in [2.24, 2.45) is 7.05 Å². The van der Waals surface area contributed by atoms with Gasteiger partial charge in [-0.05, 0) is 42.8 Å². The smallest absolute Gasteiger partial charge is 0.332 e. The van der Waals surface area contributed by atoms with Crippen molar-refractivity contribution >= 4 is 28.9 Å². The number of nitrogens with one attached hydrogen (secondary N) is 1. The third-order valence-corrected chi connectivity index (χ3v) is 6.53. The predicted octanol–water partition coefficient (Wildman–Crippen LogP) is 5.19. The lowest BCUT2D eigenvalue weighted by molar-refractivity contribution is 0.479. The van der Waals surface area contributed by atoms with Crippen LogP contribution < -0.4 is 15.9 Å². The number of hydrogen-bond donors (Lipinski definition) is 2. The van der Waals surface area contributed by atoms with Gasteiger partial charge in [-0.3, -0.25) is 9.55 Å². The molecule has 1 aliphatic heterocycles. The van der Waals surface area contributed by atoms with Gasteiger partial charge in [-0.25, -0.2) is 4.79 Å². The number of aromatic nitrogens is 3. The zero-order valence-electron chi connectivity index (χ0n) is 19.2. The van der Waals surface area contributed by atoms with Crippen molar-refractivity contribution in [1.29, 1.82) is 0 Å². The van der Waals surface area contributed by atoms with E-state index in [0.29, 0.717) is 32.4 Å². The number of benzene rings is 2. The maximum atomic E-state index is 12.3. The third-order valence-electron chi connectivity index (χ3n) is 6.01.